The molecule has 0 saturated carbocycles. The van der Waals surface area contributed by atoms with Gasteiger partial charge in [-0.2, -0.15) is 0 Å². The highest BCUT2D eigenvalue weighted by Gasteiger charge is 2.23. The summed E-state index contributed by atoms with van der Waals surface area (Å²) in [6.45, 7) is 5.38. The normalized spacial score (nSPS) is 11.8. The molecule has 0 radical (unpaired) electrons. The third-order valence-corrected chi connectivity index (χ3v) is 4.42. The number of carbonyl (C=O) groups is 3. The summed E-state index contributed by atoms with van der Waals surface area (Å²) in [6.07, 6.45) is 0.406. The fraction of sp³-hybridized carbons (Fsp3) is 0.462. The molecule has 4 N–H and O–H groups in total. The molecule has 1 heterocycles. The number of halogens is 1. The smallest absolute Gasteiger partial charge is 0.251 e. The molecule has 0 aliphatic heterocycles. The molecule has 1 aromatic heterocycles. The predicted octanol–water partition coefficient (Wildman–Crippen LogP) is 1.54. The minimum Gasteiger partial charge on any atom is -0.365 e. The van der Waals surface area contributed by atoms with Gasteiger partial charge in [-0.25, -0.2) is 0 Å². The standard InChI is InChI=1S/C13H18ClN3O3S/c1-4-8(16-9(18)5-14)12(20)17-13-10(11(15)19)6(2)7(3)21-13/h8H,4-5H2,1-3H3,(H2,15,19)(H,16,18)(H,17,20). The maximum atomic E-state index is 12.2. The van der Waals surface area contributed by atoms with Crippen LogP contribution in [0.3, 0.4) is 0 Å². The van der Waals surface area contributed by atoms with E-state index < -0.39 is 23.8 Å². The van der Waals surface area contributed by atoms with E-state index >= 15 is 0 Å². The topological polar surface area (TPSA) is 101 Å². The Bertz CT molecular complexity index is 571. The van der Waals surface area contributed by atoms with Crippen LogP contribution in [0.4, 0.5) is 5.00 Å². The molecule has 0 saturated heterocycles. The number of rotatable bonds is 6. The zero-order valence-corrected chi connectivity index (χ0v) is 13.7. The van der Waals surface area contributed by atoms with Crippen molar-refractivity contribution >= 4 is 45.7 Å². The average molecular weight is 332 g/mol. The molecule has 0 aliphatic carbocycles. The summed E-state index contributed by atoms with van der Waals surface area (Å²) in [7, 11) is 0. The molecule has 1 atom stereocenters. The van der Waals surface area contributed by atoms with E-state index in [1.54, 1.807) is 13.8 Å². The van der Waals surface area contributed by atoms with Crippen molar-refractivity contribution < 1.29 is 14.4 Å². The summed E-state index contributed by atoms with van der Waals surface area (Å²) in [5, 5.41) is 5.57. The van der Waals surface area contributed by atoms with Gasteiger partial charge in [0.1, 0.15) is 16.9 Å². The zero-order valence-electron chi connectivity index (χ0n) is 12.1. The number of nitrogens with one attached hydrogen (secondary N) is 2. The van der Waals surface area contributed by atoms with E-state index in [1.165, 1.54) is 11.3 Å². The Morgan fingerprint density at radius 2 is 1.95 bits per heavy atom. The van der Waals surface area contributed by atoms with Gasteiger partial charge in [0.05, 0.1) is 5.56 Å². The third-order valence-electron chi connectivity index (χ3n) is 3.05. The number of aryl methyl sites for hydroxylation is 1. The minimum absolute atomic E-state index is 0.215. The first kappa shape index (κ1) is 17.5. The number of nitrogens with two attached hydrogens (primary N) is 1. The van der Waals surface area contributed by atoms with Crippen LogP contribution in [-0.2, 0) is 9.59 Å². The van der Waals surface area contributed by atoms with Crippen LogP contribution in [-0.4, -0.2) is 29.6 Å². The van der Waals surface area contributed by atoms with Crippen molar-refractivity contribution in [1.29, 1.82) is 0 Å². The molecule has 0 spiro atoms. The van der Waals surface area contributed by atoms with Gasteiger partial charge in [-0.1, -0.05) is 6.92 Å². The Labute approximate surface area is 132 Å². The number of thiophene rings is 1. The maximum absolute atomic E-state index is 12.2. The second kappa shape index (κ2) is 7.42. The lowest BCUT2D eigenvalue weighted by Gasteiger charge is -2.16. The van der Waals surface area contributed by atoms with Gasteiger partial charge in [-0.05, 0) is 25.8 Å². The van der Waals surface area contributed by atoms with Crippen molar-refractivity contribution in [1.82, 2.24) is 5.32 Å². The summed E-state index contributed by atoms with van der Waals surface area (Å²) in [6, 6.07) is -0.709. The van der Waals surface area contributed by atoms with Crippen molar-refractivity contribution in [2.24, 2.45) is 5.73 Å². The number of primary amides is 1. The van der Waals surface area contributed by atoms with Crippen molar-refractivity contribution in [3.63, 3.8) is 0 Å². The fourth-order valence-corrected chi connectivity index (χ4v) is 2.94. The van der Waals surface area contributed by atoms with Crippen LogP contribution >= 0.6 is 22.9 Å². The number of alkyl halides is 1. The van der Waals surface area contributed by atoms with E-state index in [4.69, 9.17) is 17.3 Å². The van der Waals surface area contributed by atoms with Gasteiger partial charge in [0.25, 0.3) is 5.91 Å². The highest BCUT2D eigenvalue weighted by molar-refractivity contribution is 7.16. The first-order chi connectivity index (χ1) is 9.81. The molecule has 1 aromatic rings. The first-order valence-corrected chi connectivity index (χ1v) is 7.72. The predicted molar refractivity (Wildman–Crippen MR) is 83.9 cm³/mol. The minimum atomic E-state index is -0.709. The van der Waals surface area contributed by atoms with Crippen molar-refractivity contribution in [2.45, 2.75) is 33.2 Å². The van der Waals surface area contributed by atoms with Gasteiger partial charge in [0.15, 0.2) is 0 Å². The van der Waals surface area contributed by atoms with Gasteiger partial charge in [0, 0.05) is 4.88 Å². The third kappa shape index (κ3) is 4.18. The van der Waals surface area contributed by atoms with Crippen LogP contribution in [0.5, 0.6) is 0 Å². The molecule has 0 fully saturated rings. The SMILES string of the molecule is CCC(NC(=O)CCl)C(=O)Nc1sc(C)c(C)c1C(N)=O. The number of carbonyl (C=O) groups excluding carboxylic acids is 3. The lowest BCUT2D eigenvalue weighted by molar-refractivity contribution is -0.125. The number of hydrogen-bond acceptors (Lipinski definition) is 4. The molecule has 0 aliphatic rings. The molecule has 6 nitrogen and oxygen atoms in total. The van der Waals surface area contributed by atoms with Gasteiger partial charge in [0.2, 0.25) is 11.8 Å². The number of hydrogen-bond donors (Lipinski definition) is 3. The van der Waals surface area contributed by atoms with E-state index in [0.717, 1.165) is 10.4 Å². The van der Waals surface area contributed by atoms with E-state index in [1.807, 2.05) is 6.92 Å². The van der Waals surface area contributed by atoms with Gasteiger partial charge >= 0.3 is 0 Å². The highest BCUT2D eigenvalue weighted by atomic mass is 35.5. The Morgan fingerprint density at radius 1 is 1.33 bits per heavy atom. The van der Waals surface area contributed by atoms with Crippen LogP contribution in [0, 0.1) is 13.8 Å². The molecule has 1 rings (SSSR count). The monoisotopic (exact) mass is 331 g/mol. The van der Waals surface area contributed by atoms with Gasteiger partial charge < -0.3 is 16.4 Å². The average Bonchev–Trinajstić information content (AvgIpc) is 2.70. The molecule has 0 aromatic carbocycles. The summed E-state index contributed by atoms with van der Waals surface area (Å²) in [5.41, 5.74) is 6.40. The largest absolute Gasteiger partial charge is 0.365 e. The van der Waals surface area contributed by atoms with E-state index in [-0.39, 0.29) is 5.88 Å². The Morgan fingerprint density at radius 3 is 2.43 bits per heavy atom. The number of amides is 3. The van der Waals surface area contributed by atoms with Gasteiger partial charge in [-0.15, -0.1) is 22.9 Å². The molecule has 116 valence electrons. The molecule has 1 unspecified atom stereocenters. The Hall–Kier alpha value is -1.60. The van der Waals surface area contributed by atoms with E-state index in [0.29, 0.717) is 17.0 Å². The van der Waals surface area contributed by atoms with E-state index in [9.17, 15) is 14.4 Å². The summed E-state index contributed by atoms with van der Waals surface area (Å²) in [5.74, 6) is -1.63. The summed E-state index contributed by atoms with van der Waals surface area (Å²) < 4.78 is 0. The van der Waals surface area contributed by atoms with Crippen molar-refractivity contribution in [3.8, 4) is 0 Å². The second-order valence-corrected chi connectivity index (χ2v) is 5.99. The number of anilines is 1. The molecule has 21 heavy (non-hydrogen) atoms. The van der Waals surface area contributed by atoms with Crippen molar-refractivity contribution in [2.75, 3.05) is 11.2 Å². The summed E-state index contributed by atoms with van der Waals surface area (Å²) >= 11 is 6.68. The maximum Gasteiger partial charge on any atom is 0.251 e. The Balaban J connectivity index is 2.94. The van der Waals surface area contributed by atoms with Gasteiger partial charge in [-0.3, -0.25) is 14.4 Å². The molecule has 3 amide bonds. The van der Waals surface area contributed by atoms with Crippen LogP contribution < -0.4 is 16.4 Å². The molecule has 0 bridgehead atoms. The lowest BCUT2D eigenvalue weighted by Crippen LogP contribution is -2.44. The Kier molecular flexibility index (Phi) is 6.17. The highest BCUT2D eigenvalue weighted by Crippen LogP contribution is 2.32. The zero-order chi connectivity index (χ0) is 16.2. The second-order valence-electron chi connectivity index (χ2n) is 4.50. The van der Waals surface area contributed by atoms with Crippen LogP contribution in [0.2, 0.25) is 0 Å². The quantitative estimate of drug-likeness (QED) is 0.689. The van der Waals surface area contributed by atoms with Crippen molar-refractivity contribution in [3.05, 3.63) is 16.0 Å². The summed E-state index contributed by atoms with van der Waals surface area (Å²) in [4.78, 5) is 35.8. The molecular weight excluding hydrogens is 314 g/mol. The van der Waals surface area contributed by atoms with Crippen LogP contribution in [0.25, 0.3) is 0 Å². The van der Waals surface area contributed by atoms with Crippen LogP contribution in [0.1, 0.15) is 34.1 Å². The van der Waals surface area contributed by atoms with E-state index in [2.05, 4.69) is 10.6 Å². The lowest BCUT2D eigenvalue weighted by atomic mass is 10.1. The first-order valence-electron chi connectivity index (χ1n) is 6.37. The van der Waals surface area contributed by atoms with Crippen LogP contribution in [0.15, 0.2) is 0 Å². The molecular formula is C13H18ClN3O3S. The fourth-order valence-electron chi connectivity index (χ4n) is 1.80. The molecule has 8 heteroatoms.